The van der Waals surface area contributed by atoms with E-state index in [2.05, 4.69) is 35.2 Å². The van der Waals surface area contributed by atoms with Gasteiger partial charge in [-0.3, -0.25) is 14.2 Å². The Morgan fingerprint density at radius 2 is 2.00 bits per heavy atom. The maximum absolute atomic E-state index is 12.8. The number of H-pyrrole nitrogens is 1. The van der Waals surface area contributed by atoms with E-state index in [1.807, 2.05) is 45.0 Å². The lowest BCUT2D eigenvalue weighted by Gasteiger charge is -2.15. The van der Waals surface area contributed by atoms with Crippen molar-refractivity contribution in [1.29, 1.82) is 0 Å². The first-order chi connectivity index (χ1) is 13.3. The zero-order chi connectivity index (χ0) is 20.4. The third-order valence-electron chi connectivity index (χ3n) is 4.47. The molecule has 3 aromatic rings. The number of benzene rings is 1. The summed E-state index contributed by atoms with van der Waals surface area (Å²) in [7, 11) is 0. The zero-order valence-electron chi connectivity index (χ0n) is 16.9. The van der Waals surface area contributed by atoms with Crippen molar-refractivity contribution in [3.63, 3.8) is 0 Å². The van der Waals surface area contributed by atoms with Crippen LogP contribution in [0.5, 0.6) is 0 Å². The summed E-state index contributed by atoms with van der Waals surface area (Å²) >= 11 is 1.28. The van der Waals surface area contributed by atoms with E-state index in [9.17, 15) is 9.59 Å². The second-order valence-electron chi connectivity index (χ2n) is 7.49. The van der Waals surface area contributed by atoms with Gasteiger partial charge >= 0.3 is 0 Å². The Morgan fingerprint density at radius 1 is 1.25 bits per heavy atom. The lowest BCUT2D eigenvalue weighted by atomic mass is 10.0. The van der Waals surface area contributed by atoms with Crippen LogP contribution in [0.4, 0.5) is 5.69 Å². The molecule has 0 aliphatic carbocycles. The van der Waals surface area contributed by atoms with Crippen LogP contribution in [0, 0.1) is 6.92 Å². The Kier molecular flexibility index (Phi) is 5.93. The molecule has 0 aliphatic rings. The molecule has 0 fully saturated rings. The Bertz CT molecular complexity index is 1070. The van der Waals surface area contributed by atoms with E-state index in [1.165, 1.54) is 17.3 Å². The van der Waals surface area contributed by atoms with Crippen molar-refractivity contribution < 1.29 is 4.79 Å². The lowest BCUT2D eigenvalue weighted by molar-refractivity contribution is -0.113. The van der Waals surface area contributed by atoms with Crippen molar-refractivity contribution in [1.82, 2.24) is 14.5 Å². The van der Waals surface area contributed by atoms with E-state index in [-0.39, 0.29) is 23.3 Å². The van der Waals surface area contributed by atoms with Gasteiger partial charge in [-0.1, -0.05) is 37.7 Å². The Morgan fingerprint density at radius 3 is 2.68 bits per heavy atom. The van der Waals surface area contributed by atoms with Gasteiger partial charge < -0.3 is 10.3 Å². The number of aromatic amines is 1. The van der Waals surface area contributed by atoms with Crippen molar-refractivity contribution in [2.75, 3.05) is 11.1 Å². The molecule has 148 valence electrons. The summed E-state index contributed by atoms with van der Waals surface area (Å²) in [5, 5.41) is 3.48. The third kappa shape index (κ3) is 4.30. The van der Waals surface area contributed by atoms with Gasteiger partial charge in [-0.25, -0.2) is 4.98 Å². The molecule has 28 heavy (non-hydrogen) atoms. The van der Waals surface area contributed by atoms with Crippen molar-refractivity contribution in [3.05, 3.63) is 51.9 Å². The number of carbonyl (C=O) groups is 1. The van der Waals surface area contributed by atoms with Crippen LogP contribution in [0.2, 0.25) is 0 Å². The maximum Gasteiger partial charge on any atom is 0.278 e. The molecule has 6 nitrogen and oxygen atoms in total. The van der Waals surface area contributed by atoms with Gasteiger partial charge in [-0.05, 0) is 50.5 Å². The smallest absolute Gasteiger partial charge is 0.278 e. The summed E-state index contributed by atoms with van der Waals surface area (Å²) in [6.45, 7) is 10.0. The van der Waals surface area contributed by atoms with E-state index >= 15 is 0 Å². The molecule has 0 radical (unpaired) electrons. The number of aromatic nitrogens is 3. The quantitative estimate of drug-likeness (QED) is 0.474. The summed E-state index contributed by atoms with van der Waals surface area (Å²) in [5.41, 5.74) is 3.87. The summed E-state index contributed by atoms with van der Waals surface area (Å²) in [6.07, 6.45) is 0. The van der Waals surface area contributed by atoms with Gasteiger partial charge in [0.15, 0.2) is 5.16 Å². The van der Waals surface area contributed by atoms with Crippen molar-refractivity contribution in [3.8, 4) is 0 Å². The predicted octanol–water partition coefficient (Wildman–Crippen LogP) is 4.47. The average Bonchev–Trinajstić information content (AvgIpc) is 3.00. The molecule has 7 heteroatoms. The number of thioether (sulfide) groups is 1. The fourth-order valence-electron chi connectivity index (χ4n) is 3.05. The van der Waals surface area contributed by atoms with Crippen LogP contribution in [0.15, 0.2) is 40.3 Å². The van der Waals surface area contributed by atoms with Crippen molar-refractivity contribution in [2.45, 2.75) is 51.7 Å². The van der Waals surface area contributed by atoms with Gasteiger partial charge in [0.2, 0.25) is 5.91 Å². The van der Waals surface area contributed by atoms with Gasteiger partial charge in [-0.15, -0.1) is 0 Å². The molecule has 2 aromatic heterocycles. The fraction of sp³-hybridized carbons (Fsp3) is 0.381. The SMILES string of the molecule is Cc1cc2nc(SCC(=O)Nc3cccc(C(C)C)c3)n(C(C)C)c(=O)c2[nH]1. The topological polar surface area (TPSA) is 79.8 Å². The highest BCUT2D eigenvalue weighted by Gasteiger charge is 2.17. The molecule has 0 aliphatic heterocycles. The van der Waals surface area contributed by atoms with Crippen molar-refractivity contribution in [2.24, 2.45) is 0 Å². The van der Waals surface area contributed by atoms with Crippen LogP contribution in [0.25, 0.3) is 11.0 Å². The minimum atomic E-state index is -0.124. The van der Waals surface area contributed by atoms with E-state index in [1.54, 1.807) is 4.57 Å². The Labute approximate surface area is 168 Å². The highest BCUT2D eigenvalue weighted by molar-refractivity contribution is 7.99. The third-order valence-corrected chi connectivity index (χ3v) is 5.42. The second-order valence-corrected chi connectivity index (χ2v) is 8.44. The van der Waals surface area contributed by atoms with E-state index in [4.69, 9.17) is 0 Å². The highest BCUT2D eigenvalue weighted by Crippen LogP contribution is 2.22. The van der Waals surface area contributed by atoms with Gasteiger partial charge in [0.05, 0.1) is 11.3 Å². The van der Waals surface area contributed by atoms with E-state index < -0.39 is 0 Å². The van der Waals surface area contributed by atoms with Crippen LogP contribution in [0.3, 0.4) is 0 Å². The van der Waals surface area contributed by atoms with Crippen LogP contribution in [-0.4, -0.2) is 26.2 Å². The van der Waals surface area contributed by atoms with Crippen LogP contribution in [0.1, 0.15) is 50.9 Å². The van der Waals surface area contributed by atoms with Gasteiger partial charge in [0.1, 0.15) is 5.52 Å². The number of aryl methyl sites for hydroxylation is 1. The number of amides is 1. The number of hydrogen-bond acceptors (Lipinski definition) is 4. The average molecular weight is 399 g/mol. The van der Waals surface area contributed by atoms with E-state index in [0.717, 1.165) is 11.4 Å². The van der Waals surface area contributed by atoms with Crippen LogP contribution in [-0.2, 0) is 4.79 Å². The first-order valence-corrected chi connectivity index (χ1v) is 10.4. The number of hydrogen-bond donors (Lipinski definition) is 2. The number of fused-ring (bicyclic) bond motifs is 1. The first kappa shape index (κ1) is 20.2. The molecular weight excluding hydrogens is 372 g/mol. The molecule has 0 saturated carbocycles. The molecule has 2 N–H and O–H groups in total. The standard InChI is InChI=1S/C21H26N4O2S/c1-12(2)15-7-6-8-16(10-15)23-18(26)11-28-21-24-17-9-14(5)22-19(17)20(27)25(21)13(3)4/h6-10,12-13,22H,11H2,1-5H3,(H,23,26). The monoisotopic (exact) mass is 398 g/mol. The molecule has 1 amide bonds. The predicted molar refractivity (Wildman–Crippen MR) is 115 cm³/mol. The highest BCUT2D eigenvalue weighted by atomic mass is 32.2. The summed E-state index contributed by atoms with van der Waals surface area (Å²) in [4.78, 5) is 33.0. The van der Waals surface area contributed by atoms with Gasteiger partial charge in [0, 0.05) is 17.4 Å². The van der Waals surface area contributed by atoms with Crippen LogP contribution < -0.4 is 10.9 Å². The molecule has 2 heterocycles. The number of rotatable bonds is 6. The van der Waals surface area contributed by atoms with E-state index in [0.29, 0.717) is 22.1 Å². The van der Waals surface area contributed by atoms with Crippen molar-refractivity contribution >= 4 is 34.4 Å². The molecule has 0 spiro atoms. The lowest BCUT2D eigenvalue weighted by Crippen LogP contribution is -2.25. The number of nitrogens with zero attached hydrogens (tertiary/aromatic N) is 2. The molecular formula is C21H26N4O2S. The molecule has 1 aromatic carbocycles. The summed E-state index contributed by atoms with van der Waals surface area (Å²) in [6, 6.07) is 9.66. The number of anilines is 1. The molecule has 0 saturated heterocycles. The maximum atomic E-state index is 12.8. The summed E-state index contributed by atoms with van der Waals surface area (Å²) in [5.74, 6) is 0.452. The molecule has 0 atom stereocenters. The van der Waals surface area contributed by atoms with Crippen LogP contribution >= 0.6 is 11.8 Å². The first-order valence-electron chi connectivity index (χ1n) is 9.40. The van der Waals surface area contributed by atoms with Gasteiger partial charge in [0.25, 0.3) is 5.56 Å². The molecule has 0 unspecified atom stereocenters. The largest absolute Gasteiger partial charge is 0.353 e. The second kappa shape index (κ2) is 8.22. The fourth-order valence-corrected chi connectivity index (χ4v) is 3.98. The van der Waals surface area contributed by atoms with Gasteiger partial charge in [-0.2, -0.15) is 0 Å². The Balaban J connectivity index is 1.79. The molecule has 0 bridgehead atoms. The minimum absolute atomic E-state index is 0.0544. The Hall–Kier alpha value is -2.54. The molecule has 3 rings (SSSR count). The number of carbonyl (C=O) groups excluding carboxylic acids is 1. The normalized spacial score (nSPS) is 11.5. The number of nitrogens with one attached hydrogen (secondary N) is 2. The zero-order valence-corrected chi connectivity index (χ0v) is 17.7. The minimum Gasteiger partial charge on any atom is -0.353 e. The summed E-state index contributed by atoms with van der Waals surface area (Å²) < 4.78 is 1.63.